The van der Waals surface area contributed by atoms with E-state index in [4.69, 9.17) is 5.73 Å². The molecule has 2 aliphatic heterocycles. The third-order valence-electron chi connectivity index (χ3n) is 4.37. The van der Waals surface area contributed by atoms with Crippen molar-refractivity contribution in [2.24, 2.45) is 10.7 Å². The molecule has 2 aromatic carbocycles. The second-order valence-corrected chi connectivity index (χ2v) is 7.84. The zero-order valence-electron chi connectivity index (χ0n) is 14.2. The summed E-state index contributed by atoms with van der Waals surface area (Å²) in [6.45, 7) is 0. The Hall–Kier alpha value is -3.09. The second kappa shape index (κ2) is 7.14. The van der Waals surface area contributed by atoms with Crippen molar-refractivity contribution in [2.75, 3.05) is 0 Å². The van der Waals surface area contributed by atoms with E-state index >= 15 is 0 Å². The Morgan fingerprint density at radius 1 is 1.18 bits per heavy atom. The first-order valence-electron chi connectivity index (χ1n) is 8.13. The van der Waals surface area contributed by atoms with Gasteiger partial charge in [-0.3, -0.25) is 10.1 Å². The average Bonchev–Trinajstić information content (AvgIpc) is 3.11. The minimum atomic E-state index is -0.433. The summed E-state index contributed by atoms with van der Waals surface area (Å²) >= 11 is 4.89. The molecule has 4 rings (SSSR count). The number of hydrogen-bond acceptors (Lipinski definition) is 7. The largest absolute Gasteiger partial charge is 0.383 e. The fraction of sp³-hybridized carbons (Fsp3) is 0.0526. The van der Waals surface area contributed by atoms with Gasteiger partial charge in [0.1, 0.15) is 17.5 Å². The molecule has 0 aromatic heterocycles. The molecule has 1 unspecified atom stereocenters. The summed E-state index contributed by atoms with van der Waals surface area (Å²) in [7, 11) is 0. The van der Waals surface area contributed by atoms with Crippen LogP contribution in [0.25, 0.3) is 11.4 Å². The SMILES string of the molecule is N#CC1=C(c2ccc(Br)cc2)N2C(c3ccc([N+](=O)[O-])cc3)=CSC2N=C1N. The van der Waals surface area contributed by atoms with Crippen molar-refractivity contribution in [1.82, 2.24) is 4.90 Å². The maximum atomic E-state index is 10.9. The van der Waals surface area contributed by atoms with Crippen LogP contribution in [0, 0.1) is 21.4 Å². The number of halogens is 1. The van der Waals surface area contributed by atoms with E-state index in [1.54, 1.807) is 12.1 Å². The van der Waals surface area contributed by atoms with E-state index in [0.29, 0.717) is 11.3 Å². The van der Waals surface area contributed by atoms with Crippen LogP contribution >= 0.6 is 27.7 Å². The van der Waals surface area contributed by atoms with Crippen molar-refractivity contribution in [3.8, 4) is 6.07 Å². The van der Waals surface area contributed by atoms with E-state index in [1.807, 2.05) is 34.6 Å². The van der Waals surface area contributed by atoms with Gasteiger partial charge < -0.3 is 10.6 Å². The van der Waals surface area contributed by atoms with Crippen LogP contribution in [0.3, 0.4) is 0 Å². The van der Waals surface area contributed by atoms with E-state index in [-0.39, 0.29) is 17.0 Å². The quantitative estimate of drug-likeness (QED) is 0.548. The van der Waals surface area contributed by atoms with E-state index in [2.05, 4.69) is 27.0 Å². The topological polar surface area (TPSA) is 109 Å². The molecule has 138 valence electrons. The molecular weight excluding hydrogens is 442 g/mol. The molecule has 2 heterocycles. The van der Waals surface area contributed by atoms with Crippen LogP contribution in [0.1, 0.15) is 11.1 Å². The molecule has 0 bridgehead atoms. The molecule has 0 radical (unpaired) electrons. The molecule has 0 spiro atoms. The molecule has 2 N–H and O–H groups in total. The van der Waals surface area contributed by atoms with Gasteiger partial charge in [-0.2, -0.15) is 5.26 Å². The molecule has 7 nitrogen and oxygen atoms in total. The second-order valence-electron chi connectivity index (χ2n) is 6.00. The summed E-state index contributed by atoms with van der Waals surface area (Å²) in [6, 6.07) is 16.1. The number of amidine groups is 1. The summed E-state index contributed by atoms with van der Waals surface area (Å²) in [5.74, 6) is 0.201. The third-order valence-corrected chi connectivity index (χ3v) is 5.82. The van der Waals surface area contributed by atoms with E-state index in [9.17, 15) is 15.4 Å². The number of nitrogens with zero attached hydrogens (tertiary/aromatic N) is 4. The van der Waals surface area contributed by atoms with Gasteiger partial charge in [0.15, 0.2) is 5.50 Å². The van der Waals surface area contributed by atoms with Crippen LogP contribution in [0.4, 0.5) is 5.69 Å². The molecule has 9 heteroatoms. The third kappa shape index (κ3) is 3.06. The molecule has 28 heavy (non-hydrogen) atoms. The molecule has 2 aromatic rings. The minimum Gasteiger partial charge on any atom is -0.383 e. The lowest BCUT2D eigenvalue weighted by molar-refractivity contribution is -0.384. The van der Waals surface area contributed by atoms with Crippen molar-refractivity contribution < 1.29 is 4.92 Å². The summed E-state index contributed by atoms with van der Waals surface area (Å²) in [6.07, 6.45) is 0. The van der Waals surface area contributed by atoms with Crippen molar-refractivity contribution in [2.45, 2.75) is 5.50 Å². The maximum absolute atomic E-state index is 10.9. The number of rotatable bonds is 3. The number of benzene rings is 2. The van der Waals surface area contributed by atoms with Crippen LogP contribution in [0.2, 0.25) is 0 Å². The van der Waals surface area contributed by atoms with Gasteiger partial charge in [-0.15, -0.1) is 0 Å². The number of thioether (sulfide) groups is 1. The Labute approximate surface area is 173 Å². The van der Waals surface area contributed by atoms with Crippen molar-refractivity contribution in [1.29, 1.82) is 5.26 Å². The molecule has 0 saturated heterocycles. The average molecular weight is 454 g/mol. The fourth-order valence-electron chi connectivity index (χ4n) is 3.07. The standard InChI is InChI=1S/C19H12BrN5O2S/c20-13-5-1-12(2-6-13)17-15(9-21)18(22)23-19-24(17)16(10-28-19)11-3-7-14(8-4-11)25(26)27/h1-8,10,19H,(H2,22,23). The van der Waals surface area contributed by atoms with Gasteiger partial charge in [-0.05, 0) is 40.8 Å². The van der Waals surface area contributed by atoms with Crippen LogP contribution in [0.15, 0.2) is 69.0 Å². The summed E-state index contributed by atoms with van der Waals surface area (Å²) in [5, 5.41) is 22.6. The van der Waals surface area contributed by atoms with Gasteiger partial charge in [0.05, 0.1) is 16.3 Å². The van der Waals surface area contributed by atoms with Crippen LogP contribution in [-0.4, -0.2) is 21.2 Å². The smallest absolute Gasteiger partial charge is 0.269 e. The molecule has 0 aliphatic carbocycles. The monoisotopic (exact) mass is 453 g/mol. The van der Waals surface area contributed by atoms with Gasteiger partial charge in [-0.25, -0.2) is 4.99 Å². The van der Waals surface area contributed by atoms with Gasteiger partial charge >= 0.3 is 0 Å². The van der Waals surface area contributed by atoms with Crippen LogP contribution < -0.4 is 5.73 Å². The Morgan fingerprint density at radius 3 is 2.43 bits per heavy atom. The highest BCUT2D eigenvalue weighted by Gasteiger charge is 2.37. The van der Waals surface area contributed by atoms with Gasteiger partial charge in [0, 0.05) is 16.6 Å². The molecule has 2 aliphatic rings. The summed E-state index contributed by atoms with van der Waals surface area (Å²) < 4.78 is 0.922. The molecule has 0 amide bonds. The highest BCUT2D eigenvalue weighted by atomic mass is 79.9. The predicted molar refractivity (Wildman–Crippen MR) is 113 cm³/mol. The van der Waals surface area contributed by atoms with Crippen molar-refractivity contribution in [3.05, 3.63) is 85.2 Å². The lowest BCUT2D eigenvalue weighted by Crippen LogP contribution is -2.35. The first kappa shape index (κ1) is 18.3. The van der Waals surface area contributed by atoms with E-state index in [0.717, 1.165) is 21.3 Å². The molecular formula is C19H12BrN5O2S. The number of nitro benzene ring substituents is 1. The highest BCUT2D eigenvalue weighted by Crippen LogP contribution is 2.46. The zero-order valence-corrected chi connectivity index (χ0v) is 16.6. The first-order valence-corrected chi connectivity index (χ1v) is 9.87. The molecule has 0 saturated carbocycles. The van der Waals surface area contributed by atoms with E-state index in [1.165, 1.54) is 23.9 Å². The number of aliphatic imine (C=N–C) groups is 1. The zero-order chi connectivity index (χ0) is 19.8. The first-order chi connectivity index (χ1) is 13.5. The van der Waals surface area contributed by atoms with Gasteiger partial charge in [0.2, 0.25) is 0 Å². The summed E-state index contributed by atoms with van der Waals surface area (Å²) in [4.78, 5) is 16.9. The fourth-order valence-corrected chi connectivity index (χ4v) is 4.35. The van der Waals surface area contributed by atoms with E-state index < -0.39 is 4.92 Å². The number of hydrogen-bond donors (Lipinski definition) is 1. The van der Waals surface area contributed by atoms with Crippen molar-refractivity contribution in [3.63, 3.8) is 0 Å². The Morgan fingerprint density at radius 2 is 1.82 bits per heavy atom. The number of nitriles is 1. The van der Waals surface area contributed by atoms with Gasteiger partial charge in [-0.1, -0.05) is 39.8 Å². The van der Waals surface area contributed by atoms with Crippen LogP contribution in [0.5, 0.6) is 0 Å². The maximum Gasteiger partial charge on any atom is 0.269 e. The number of fused-ring (bicyclic) bond motifs is 1. The number of nitrogens with two attached hydrogens (primary N) is 1. The lowest BCUT2D eigenvalue weighted by atomic mass is 10.0. The van der Waals surface area contributed by atoms with Crippen LogP contribution in [-0.2, 0) is 0 Å². The van der Waals surface area contributed by atoms with Crippen molar-refractivity contribution >= 4 is 50.6 Å². The number of non-ortho nitro benzene ring substituents is 1. The Balaban J connectivity index is 1.83. The normalized spacial score (nSPS) is 18.3. The Bertz CT molecular complexity index is 1100. The highest BCUT2D eigenvalue weighted by molar-refractivity contribution is 9.10. The molecule has 1 atom stereocenters. The summed E-state index contributed by atoms with van der Waals surface area (Å²) in [5.41, 5.74) is 9.16. The lowest BCUT2D eigenvalue weighted by Gasteiger charge is -2.33. The minimum absolute atomic E-state index is 0.0221. The molecule has 0 fully saturated rings. The Kier molecular flexibility index (Phi) is 4.66. The predicted octanol–water partition coefficient (Wildman–Crippen LogP) is 4.29. The van der Waals surface area contributed by atoms with Gasteiger partial charge in [0.25, 0.3) is 5.69 Å². The number of nitro groups is 1.